The van der Waals surface area contributed by atoms with E-state index < -0.39 is 0 Å². The van der Waals surface area contributed by atoms with Crippen LogP contribution >= 0.6 is 0 Å². The summed E-state index contributed by atoms with van der Waals surface area (Å²) in [7, 11) is 0. The molecule has 0 aromatic heterocycles. The van der Waals surface area contributed by atoms with Crippen LogP contribution in [0.1, 0.15) is 25.7 Å². The van der Waals surface area contributed by atoms with Crippen molar-refractivity contribution in [1.29, 1.82) is 0 Å². The average molecular weight is 198 g/mol. The van der Waals surface area contributed by atoms with Crippen molar-refractivity contribution < 1.29 is 5.11 Å². The van der Waals surface area contributed by atoms with Crippen LogP contribution in [0.15, 0.2) is 0 Å². The van der Waals surface area contributed by atoms with Gasteiger partial charge in [0.25, 0.3) is 0 Å². The van der Waals surface area contributed by atoms with Gasteiger partial charge in [0.15, 0.2) is 0 Å². The van der Waals surface area contributed by atoms with Crippen LogP contribution in [0, 0.1) is 11.3 Å². The van der Waals surface area contributed by atoms with Gasteiger partial charge in [-0.05, 0) is 38.3 Å². The van der Waals surface area contributed by atoms with Crippen LogP contribution in [0.4, 0.5) is 0 Å². The molecule has 0 amide bonds. The van der Waals surface area contributed by atoms with Crippen LogP contribution in [-0.2, 0) is 0 Å². The smallest absolute Gasteiger partial charge is 0.0502 e. The highest BCUT2D eigenvalue weighted by molar-refractivity contribution is 5.00. The third kappa shape index (κ3) is 1.69. The van der Waals surface area contributed by atoms with Crippen molar-refractivity contribution in [2.45, 2.75) is 25.7 Å². The van der Waals surface area contributed by atoms with Crippen molar-refractivity contribution in [2.24, 2.45) is 17.1 Å². The fourth-order valence-corrected chi connectivity index (χ4v) is 3.27. The van der Waals surface area contributed by atoms with Gasteiger partial charge in [-0.15, -0.1) is 0 Å². The fourth-order valence-electron chi connectivity index (χ4n) is 3.27. The Morgan fingerprint density at radius 2 is 2.36 bits per heavy atom. The zero-order valence-corrected chi connectivity index (χ0v) is 8.91. The normalized spacial score (nSPS) is 37.7. The number of aliphatic hydroxyl groups excluding tert-OH is 1. The first-order valence-electron chi connectivity index (χ1n) is 5.84. The Morgan fingerprint density at radius 3 is 3.00 bits per heavy atom. The number of hydrogen-bond acceptors (Lipinski definition) is 3. The van der Waals surface area contributed by atoms with E-state index in [0.717, 1.165) is 32.0 Å². The molecule has 2 rings (SSSR count). The van der Waals surface area contributed by atoms with Crippen molar-refractivity contribution in [1.82, 2.24) is 4.90 Å². The van der Waals surface area contributed by atoms with Gasteiger partial charge in [-0.2, -0.15) is 0 Å². The zero-order chi connectivity index (χ0) is 10.0. The fraction of sp³-hybridized carbons (Fsp3) is 1.00. The second-order valence-corrected chi connectivity index (χ2v) is 4.99. The molecule has 3 N–H and O–H groups in total. The maximum absolute atomic E-state index is 9.52. The Labute approximate surface area is 86.3 Å². The standard InChI is InChI=1S/C11H22N2O/c12-5-2-6-13-7-10-3-1-4-11(10,8-13)9-14/h10,14H,1-9,12H2. The van der Waals surface area contributed by atoms with Crippen molar-refractivity contribution in [3.05, 3.63) is 0 Å². The van der Waals surface area contributed by atoms with E-state index in [4.69, 9.17) is 5.73 Å². The second kappa shape index (κ2) is 4.17. The summed E-state index contributed by atoms with van der Waals surface area (Å²) in [6.07, 6.45) is 4.96. The summed E-state index contributed by atoms with van der Waals surface area (Å²) in [5, 5.41) is 9.52. The van der Waals surface area contributed by atoms with E-state index >= 15 is 0 Å². The number of aliphatic hydroxyl groups is 1. The Hall–Kier alpha value is -0.120. The van der Waals surface area contributed by atoms with E-state index in [0.29, 0.717) is 6.61 Å². The molecule has 2 fully saturated rings. The second-order valence-electron chi connectivity index (χ2n) is 4.99. The molecular formula is C11H22N2O. The number of rotatable bonds is 4. The third-order valence-corrected chi connectivity index (χ3v) is 4.10. The van der Waals surface area contributed by atoms with Crippen LogP contribution in [0.3, 0.4) is 0 Å². The molecule has 0 spiro atoms. The summed E-state index contributed by atoms with van der Waals surface area (Å²) >= 11 is 0. The third-order valence-electron chi connectivity index (χ3n) is 4.10. The van der Waals surface area contributed by atoms with Crippen molar-refractivity contribution in [3.8, 4) is 0 Å². The average Bonchev–Trinajstić information content (AvgIpc) is 2.70. The van der Waals surface area contributed by atoms with E-state index in [2.05, 4.69) is 4.90 Å². The maximum Gasteiger partial charge on any atom is 0.0502 e. The van der Waals surface area contributed by atoms with Gasteiger partial charge in [-0.25, -0.2) is 0 Å². The molecule has 3 nitrogen and oxygen atoms in total. The first-order chi connectivity index (χ1) is 6.80. The first kappa shape index (κ1) is 10.4. The van der Waals surface area contributed by atoms with Crippen molar-refractivity contribution in [2.75, 3.05) is 32.8 Å². The summed E-state index contributed by atoms with van der Waals surface area (Å²) < 4.78 is 0. The quantitative estimate of drug-likeness (QED) is 0.689. The summed E-state index contributed by atoms with van der Waals surface area (Å²) in [5.74, 6) is 0.755. The summed E-state index contributed by atoms with van der Waals surface area (Å²) in [6.45, 7) is 4.59. The molecule has 1 heterocycles. The van der Waals surface area contributed by atoms with Gasteiger partial charge in [0.1, 0.15) is 0 Å². The van der Waals surface area contributed by atoms with Gasteiger partial charge in [0, 0.05) is 18.5 Å². The minimum atomic E-state index is 0.259. The van der Waals surface area contributed by atoms with Gasteiger partial charge < -0.3 is 15.7 Å². The molecule has 2 atom stereocenters. The summed E-state index contributed by atoms with van der Waals surface area (Å²) in [4.78, 5) is 2.49. The number of nitrogens with two attached hydrogens (primary N) is 1. The van der Waals surface area contributed by atoms with E-state index in [1.807, 2.05) is 0 Å². The molecule has 1 saturated carbocycles. The molecule has 2 aliphatic rings. The molecule has 1 saturated heterocycles. The zero-order valence-electron chi connectivity index (χ0n) is 8.91. The number of fused-ring (bicyclic) bond motifs is 1. The largest absolute Gasteiger partial charge is 0.396 e. The van der Waals surface area contributed by atoms with Gasteiger partial charge in [0.2, 0.25) is 0 Å². The Kier molecular flexibility index (Phi) is 3.10. The highest BCUT2D eigenvalue weighted by Crippen LogP contribution is 2.48. The lowest BCUT2D eigenvalue weighted by Gasteiger charge is -2.26. The van der Waals surface area contributed by atoms with Crippen LogP contribution in [0.5, 0.6) is 0 Å². The Balaban J connectivity index is 1.91. The summed E-state index contributed by atoms with van der Waals surface area (Å²) in [5.41, 5.74) is 5.77. The highest BCUT2D eigenvalue weighted by Gasteiger charge is 2.48. The number of likely N-dealkylation sites (tertiary alicyclic amines) is 1. The van der Waals surface area contributed by atoms with Crippen molar-refractivity contribution >= 4 is 0 Å². The molecule has 1 aliphatic carbocycles. The molecule has 1 aliphatic heterocycles. The van der Waals surface area contributed by atoms with Crippen molar-refractivity contribution in [3.63, 3.8) is 0 Å². The molecule has 3 heteroatoms. The van der Waals surface area contributed by atoms with Gasteiger partial charge in [-0.3, -0.25) is 0 Å². The molecule has 0 radical (unpaired) electrons. The van der Waals surface area contributed by atoms with Crippen LogP contribution < -0.4 is 5.73 Å². The minimum Gasteiger partial charge on any atom is -0.396 e. The SMILES string of the molecule is NCCCN1CC2CCCC2(CO)C1. The van der Waals surface area contributed by atoms with Gasteiger partial charge in [0.05, 0.1) is 6.61 Å². The lowest BCUT2D eigenvalue weighted by Crippen LogP contribution is -2.31. The Morgan fingerprint density at radius 1 is 1.50 bits per heavy atom. The molecule has 0 aromatic carbocycles. The van der Waals surface area contributed by atoms with Crippen LogP contribution in [0.25, 0.3) is 0 Å². The van der Waals surface area contributed by atoms with Gasteiger partial charge >= 0.3 is 0 Å². The van der Waals surface area contributed by atoms with E-state index in [9.17, 15) is 5.11 Å². The van der Waals surface area contributed by atoms with E-state index in [1.54, 1.807) is 0 Å². The van der Waals surface area contributed by atoms with Crippen LogP contribution in [-0.4, -0.2) is 42.8 Å². The molecule has 0 bridgehead atoms. The maximum atomic E-state index is 9.52. The van der Waals surface area contributed by atoms with E-state index in [1.165, 1.54) is 25.8 Å². The topological polar surface area (TPSA) is 49.5 Å². The molecular weight excluding hydrogens is 176 g/mol. The predicted octanol–water partition coefficient (Wildman–Crippen LogP) is 0.430. The minimum absolute atomic E-state index is 0.259. The lowest BCUT2D eigenvalue weighted by atomic mass is 9.82. The first-order valence-corrected chi connectivity index (χ1v) is 5.84. The lowest BCUT2D eigenvalue weighted by molar-refractivity contribution is 0.112. The Bertz CT molecular complexity index is 198. The predicted molar refractivity (Wildman–Crippen MR) is 57.0 cm³/mol. The molecule has 0 aromatic rings. The van der Waals surface area contributed by atoms with Crippen LogP contribution in [0.2, 0.25) is 0 Å². The number of nitrogens with zero attached hydrogens (tertiary/aromatic N) is 1. The molecule has 82 valence electrons. The highest BCUT2D eigenvalue weighted by atomic mass is 16.3. The monoisotopic (exact) mass is 198 g/mol. The number of hydrogen-bond donors (Lipinski definition) is 2. The van der Waals surface area contributed by atoms with Gasteiger partial charge in [-0.1, -0.05) is 6.42 Å². The summed E-state index contributed by atoms with van der Waals surface area (Å²) in [6, 6.07) is 0. The van der Waals surface area contributed by atoms with E-state index in [-0.39, 0.29) is 5.41 Å². The molecule has 14 heavy (non-hydrogen) atoms. The molecule has 2 unspecified atom stereocenters.